The molecule has 0 aliphatic carbocycles. The van der Waals surface area contributed by atoms with Crippen molar-refractivity contribution >= 4 is 32.7 Å². The Hall–Kier alpha value is -1.49. The Morgan fingerprint density at radius 3 is 2.78 bits per heavy atom. The summed E-state index contributed by atoms with van der Waals surface area (Å²) in [5.74, 6) is 0.628. The molecule has 0 aliphatic heterocycles. The standard InChI is InChI=1S/C13H15BrN2O2/c1-7(2)15-13(17)10-6-8-11(18-3)5-4-9(14)12(8)16-10/h4-7,16H,1-3H3,(H,15,17). The fraction of sp³-hybridized carbons (Fsp3) is 0.308. The highest BCUT2D eigenvalue weighted by atomic mass is 79.9. The zero-order chi connectivity index (χ0) is 13.3. The van der Waals surface area contributed by atoms with Gasteiger partial charge in [0, 0.05) is 15.9 Å². The maximum absolute atomic E-state index is 11.9. The first-order valence-electron chi connectivity index (χ1n) is 5.69. The zero-order valence-corrected chi connectivity index (χ0v) is 12.1. The first kappa shape index (κ1) is 13.0. The third-order valence-corrected chi connectivity index (χ3v) is 3.25. The largest absolute Gasteiger partial charge is 0.496 e. The van der Waals surface area contributed by atoms with Crippen molar-refractivity contribution < 1.29 is 9.53 Å². The molecule has 0 radical (unpaired) electrons. The van der Waals surface area contributed by atoms with Crippen LogP contribution in [0, 0.1) is 0 Å². The maximum atomic E-state index is 11.9. The van der Waals surface area contributed by atoms with Crippen molar-refractivity contribution in [2.24, 2.45) is 0 Å². The SMILES string of the molecule is COc1ccc(Br)c2[nH]c(C(=O)NC(C)C)cc12. The van der Waals surface area contributed by atoms with Gasteiger partial charge in [0.1, 0.15) is 11.4 Å². The highest BCUT2D eigenvalue weighted by Crippen LogP contribution is 2.31. The van der Waals surface area contributed by atoms with Gasteiger partial charge in [-0.25, -0.2) is 0 Å². The van der Waals surface area contributed by atoms with Crippen LogP contribution < -0.4 is 10.1 Å². The normalized spacial score (nSPS) is 10.9. The fourth-order valence-corrected chi connectivity index (χ4v) is 2.24. The minimum atomic E-state index is -0.116. The number of H-pyrrole nitrogens is 1. The van der Waals surface area contributed by atoms with Crippen molar-refractivity contribution in [1.29, 1.82) is 0 Å². The minimum absolute atomic E-state index is 0.106. The summed E-state index contributed by atoms with van der Waals surface area (Å²) >= 11 is 3.45. The molecule has 5 heteroatoms. The van der Waals surface area contributed by atoms with Crippen LogP contribution in [0.5, 0.6) is 5.75 Å². The number of amides is 1. The number of aromatic amines is 1. The molecule has 0 fully saturated rings. The molecule has 2 aromatic rings. The Balaban J connectivity index is 2.49. The van der Waals surface area contributed by atoms with E-state index in [-0.39, 0.29) is 11.9 Å². The smallest absolute Gasteiger partial charge is 0.267 e. The Bertz CT molecular complexity index is 590. The number of benzene rings is 1. The molecule has 0 atom stereocenters. The summed E-state index contributed by atoms with van der Waals surface area (Å²) in [7, 11) is 1.61. The van der Waals surface area contributed by atoms with Gasteiger partial charge >= 0.3 is 0 Å². The van der Waals surface area contributed by atoms with E-state index in [1.165, 1.54) is 0 Å². The number of methoxy groups -OCH3 is 1. The van der Waals surface area contributed by atoms with Crippen LogP contribution in [-0.4, -0.2) is 24.0 Å². The monoisotopic (exact) mass is 310 g/mol. The average Bonchev–Trinajstić information content (AvgIpc) is 2.74. The van der Waals surface area contributed by atoms with Crippen molar-refractivity contribution in [2.45, 2.75) is 19.9 Å². The Morgan fingerprint density at radius 1 is 1.44 bits per heavy atom. The highest BCUT2D eigenvalue weighted by Gasteiger charge is 2.14. The number of nitrogens with one attached hydrogen (secondary N) is 2. The molecule has 0 aliphatic rings. The molecule has 0 saturated heterocycles. The maximum Gasteiger partial charge on any atom is 0.267 e. The van der Waals surface area contributed by atoms with Crippen LogP contribution in [0.25, 0.3) is 10.9 Å². The predicted molar refractivity (Wildman–Crippen MR) is 75.2 cm³/mol. The second kappa shape index (κ2) is 5.02. The minimum Gasteiger partial charge on any atom is -0.496 e. The lowest BCUT2D eigenvalue weighted by Crippen LogP contribution is -2.30. The van der Waals surface area contributed by atoms with E-state index >= 15 is 0 Å². The van der Waals surface area contributed by atoms with E-state index in [0.29, 0.717) is 5.69 Å². The lowest BCUT2D eigenvalue weighted by atomic mass is 10.2. The number of carbonyl (C=O) groups is 1. The van der Waals surface area contributed by atoms with Gasteiger partial charge in [0.25, 0.3) is 5.91 Å². The van der Waals surface area contributed by atoms with Gasteiger partial charge in [0.2, 0.25) is 0 Å². The molecule has 0 spiro atoms. The quantitative estimate of drug-likeness (QED) is 0.915. The number of rotatable bonds is 3. The number of hydrogen-bond acceptors (Lipinski definition) is 2. The number of fused-ring (bicyclic) bond motifs is 1. The van der Waals surface area contributed by atoms with E-state index in [4.69, 9.17) is 4.74 Å². The molecule has 2 rings (SSSR count). The van der Waals surface area contributed by atoms with Crippen LogP contribution in [0.15, 0.2) is 22.7 Å². The average molecular weight is 311 g/mol. The van der Waals surface area contributed by atoms with Crippen molar-refractivity contribution in [1.82, 2.24) is 10.3 Å². The first-order chi connectivity index (χ1) is 8.52. The highest BCUT2D eigenvalue weighted by molar-refractivity contribution is 9.10. The van der Waals surface area contributed by atoms with Gasteiger partial charge < -0.3 is 15.0 Å². The molecule has 1 aromatic carbocycles. The molecule has 18 heavy (non-hydrogen) atoms. The fourth-order valence-electron chi connectivity index (χ4n) is 1.80. The summed E-state index contributed by atoms with van der Waals surface area (Å²) in [6.07, 6.45) is 0. The van der Waals surface area contributed by atoms with Crippen molar-refractivity contribution in [3.8, 4) is 5.75 Å². The van der Waals surface area contributed by atoms with E-state index in [2.05, 4.69) is 26.2 Å². The lowest BCUT2D eigenvalue weighted by molar-refractivity contribution is 0.0939. The lowest BCUT2D eigenvalue weighted by Gasteiger charge is -2.05. The molecule has 2 N–H and O–H groups in total. The molecular formula is C13H15BrN2O2. The third kappa shape index (κ3) is 2.36. The van der Waals surface area contributed by atoms with Gasteiger partial charge in [-0.3, -0.25) is 4.79 Å². The number of halogens is 1. The van der Waals surface area contributed by atoms with Crippen LogP contribution in [0.3, 0.4) is 0 Å². The first-order valence-corrected chi connectivity index (χ1v) is 6.48. The van der Waals surface area contributed by atoms with Crippen molar-refractivity contribution in [3.63, 3.8) is 0 Å². The van der Waals surface area contributed by atoms with E-state index in [0.717, 1.165) is 21.1 Å². The Morgan fingerprint density at radius 2 is 2.17 bits per heavy atom. The summed E-state index contributed by atoms with van der Waals surface area (Å²) in [6, 6.07) is 5.66. The van der Waals surface area contributed by atoms with E-state index < -0.39 is 0 Å². The number of aromatic nitrogens is 1. The molecule has 96 valence electrons. The van der Waals surface area contributed by atoms with Crippen LogP contribution in [0.1, 0.15) is 24.3 Å². The third-order valence-electron chi connectivity index (χ3n) is 2.59. The Kier molecular flexibility index (Phi) is 3.61. The summed E-state index contributed by atoms with van der Waals surface area (Å²) in [6.45, 7) is 3.86. The van der Waals surface area contributed by atoms with Crippen LogP contribution in [0.2, 0.25) is 0 Å². The topological polar surface area (TPSA) is 54.1 Å². The van der Waals surface area contributed by atoms with Crippen LogP contribution in [-0.2, 0) is 0 Å². The second-order valence-corrected chi connectivity index (χ2v) is 5.20. The zero-order valence-electron chi connectivity index (χ0n) is 10.5. The van der Waals surface area contributed by atoms with Crippen molar-refractivity contribution in [2.75, 3.05) is 7.11 Å². The molecule has 1 amide bonds. The summed E-state index contributed by atoms with van der Waals surface area (Å²) in [5.41, 5.74) is 1.40. The summed E-state index contributed by atoms with van der Waals surface area (Å²) in [5, 5.41) is 3.74. The van der Waals surface area contributed by atoms with Gasteiger partial charge in [-0.05, 0) is 48.0 Å². The molecule has 0 unspecified atom stereocenters. The van der Waals surface area contributed by atoms with E-state index in [1.54, 1.807) is 13.2 Å². The predicted octanol–water partition coefficient (Wildman–Crippen LogP) is 3.08. The van der Waals surface area contributed by atoms with Gasteiger partial charge in [-0.2, -0.15) is 0 Å². The van der Waals surface area contributed by atoms with E-state index in [9.17, 15) is 4.79 Å². The van der Waals surface area contributed by atoms with Gasteiger partial charge in [0.15, 0.2) is 0 Å². The molecule has 0 saturated carbocycles. The summed E-state index contributed by atoms with van der Waals surface area (Å²) in [4.78, 5) is 15.0. The Labute approximate surface area is 114 Å². The van der Waals surface area contributed by atoms with Gasteiger partial charge in [-0.1, -0.05) is 0 Å². The molecule has 1 aromatic heterocycles. The number of carbonyl (C=O) groups excluding carboxylic acids is 1. The van der Waals surface area contributed by atoms with Gasteiger partial charge in [0.05, 0.1) is 12.6 Å². The summed E-state index contributed by atoms with van der Waals surface area (Å²) < 4.78 is 6.19. The molecule has 0 bridgehead atoms. The molecule has 1 heterocycles. The van der Waals surface area contributed by atoms with Crippen molar-refractivity contribution in [3.05, 3.63) is 28.4 Å². The molecule has 4 nitrogen and oxygen atoms in total. The van der Waals surface area contributed by atoms with Crippen LogP contribution >= 0.6 is 15.9 Å². The molecular weight excluding hydrogens is 296 g/mol. The van der Waals surface area contributed by atoms with E-state index in [1.807, 2.05) is 26.0 Å². The van der Waals surface area contributed by atoms with Gasteiger partial charge in [-0.15, -0.1) is 0 Å². The second-order valence-electron chi connectivity index (χ2n) is 4.35. The number of ether oxygens (including phenoxy) is 1. The van der Waals surface area contributed by atoms with Crippen LogP contribution in [0.4, 0.5) is 0 Å². The number of hydrogen-bond donors (Lipinski definition) is 2.